The molecule has 0 saturated heterocycles. The van der Waals surface area contributed by atoms with E-state index in [4.69, 9.17) is 9.47 Å². The van der Waals surface area contributed by atoms with Crippen molar-refractivity contribution in [2.75, 3.05) is 39.2 Å². The normalized spacial score (nSPS) is 10.8. The van der Waals surface area contributed by atoms with Gasteiger partial charge in [0.05, 0.1) is 13.7 Å². The molecule has 9 heteroatoms. The summed E-state index contributed by atoms with van der Waals surface area (Å²) in [6.07, 6.45) is 3.39. The lowest BCUT2D eigenvalue weighted by atomic mass is 10.2. The first-order chi connectivity index (χ1) is 16.1. The highest BCUT2D eigenvalue weighted by molar-refractivity contribution is 7.18. The Kier molecular flexibility index (Phi) is 9.10. The van der Waals surface area contributed by atoms with Gasteiger partial charge in [-0.25, -0.2) is 0 Å². The summed E-state index contributed by atoms with van der Waals surface area (Å²) in [6.45, 7) is 1.04. The van der Waals surface area contributed by atoms with Crippen molar-refractivity contribution >= 4 is 34.4 Å². The van der Waals surface area contributed by atoms with Crippen LogP contribution < -0.4 is 10.1 Å². The zero-order valence-corrected chi connectivity index (χ0v) is 19.4. The highest BCUT2D eigenvalue weighted by atomic mass is 32.1. The number of amides is 2. The third-order valence-corrected chi connectivity index (χ3v) is 5.60. The number of carbonyl (C=O) groups is 2. The number of rotatable bonds is 11. The number of anilines is 1. The fraction of sp³-hybridized carbons (Fsp3) is 0.250. The first-order valence-corrected chi connectivity index (χ1v) is 11.2. The standard InChI is InChI=1S/C24H26N4O4S/c1-31-17-16-28(22(30)13-8-18-6-4-3-5-7-18)15-14-21(29)25-24-27-26-23(33-24)19-9-11-20(32-2)12-10-19/h3-13H,14-17H2,1-2H3,(H,25,27,29)/b13-8+. The van der Waals surface area contributed by atoms with Crippen molar-refractivity contribution < 1.29 is 19.1 Å². The molecule has 0 spiro atoms. The molecule has 2 aromatic carbocycles. The van der Waals surface area contributed by atoms with Gasteiger partial charge in [-0.15, -0.1) is 10.2 Å². The molecule has 1 aromatic heterocycles. The van der Waals surface area contributed by atoms with Crippen LogP contribution in [0.4, 0.5) is 5.13 Å². The molecule has 172 valence electrons. The highest BCUT2D eigenvalue weighted by Gasteiger charge is 2.14. The summed E-state index contributed by atoms with van der Waals surface area (Å²) in [5.74, 6) is 0.332. The summed E-state index contributed by atoms with van der Waals surface area (Å²) in [7, 11) is 3.18. The maximum atomic E-state index is 12.6. The van der Waals surface area contributed by atoms with Crippen LogP contribution in [0.25, 0.3) is 16.6 Å². The van der Waals surface area contributed by atoms with Crippen molar-refractivity contribution in [2.24, 2.45) is 0 Å². The quantitative estimate of drug-likeness (QED) is 0.433. The zero-order chi connectivity index (χ0) is 23.5. The summed E-state index contributed by atoms with van der Waals surface area (Å²) in [4.78, 5) is 26.7. The summed E-state index contributed by atoms with van der Waals surface area (Å²) >= 11 is 1.28. The lowest BCUT2D eigenvalue weighted by Crippen LogP contribution is -2.35. The molecule has 1 heterocycles. The van der Waals surface area contributed by atoms with Crippen LogP contribution in [0.3, 0.4) is 0 Å². The molecule has 0 aliphatic rings. The van der Waals surface area contributed by atoms with Crippen LogP contribution in [0.15, 0.2) is 60.7 Å². The fourth-order valence-corrected chi connectivity index (χ4v) is 3.68. The van der Waals surface area contributed by atoms with Gasteiger partial charge in [-0.05, 0) is 35.9 Å². The van der Waals surface area contributed by atoms with Crippen molar-refractivity contribution in [2.45, 2.75) is 6.42 Å². The lowest BCUT2D eigenvalue weighted by molar-refractivity contribution is -0.127. The Balaban J connectivity index is 1.54. The van der Waals surface area contributed by atoms with Crippen LogP contribution in [0.5, 0.6) is 5.75 Å². The maximum Gasteiger partial charge on any atom is 0.246 e. The van der Waals surface area contributed by atoms with Gasteiger partial charge in [0.15, 0.2) is 0 Å². The zero-order valence-electron chi connectivity index (χ0n) is 18.6. The van der Waals surface area contributed by atoms with E-state index < -0.39 is 0 Å². The van der Waals surface area contributed by atoms with Gasteiger partial charge in [0.1, 0.15) is 10.8 Å². The number of ether oxygens (including phenoxy) is 2. The van der Waals surface area contributed by atoms with E-state index in [9.17, 15) is 9.59 Å². The molecule has 0 aliphatic carbocycles. The number of benzene rings is 2. The first-order valence-electron chi connectivity index (χ1n) is 10.4. The van der Waals surface area contributed by atoms with E-state index in [1.165, 1.54) is 17.4 Å². The van der Waals surface area contributed by atoms with Gasteiger partial charge in [-0.3, -0.25) is 9.59 Å². The SMILES string of the molecule is COCCN(CCC(=O)Nc1nnc(-c2ccc(OC)cc2)s1)C(=O)/C=C/c1ccccc1. The number of hydrogen-bond acceptors (Lipinski definition) is 7. The summed E-state index contributed by atoms with van der Waals surface area (Å²) in [5.41, 5.74) is 1.81. The predicted octanol–water partition coefficient (Wildman–Crippen LogP) is 3.73. The van der Waals surface area contributed by atoms with Crippen molar-refractivity contribution in [3.8, 4) is 16.3 Å². The van der Waals surface area contributed by atoms with Gasteiger partial charge in [0.25, 0.3) is 0 Å². The van der Waals surface area contributed by atoms with Crippen LogP contribution in [-0.2, 0) is 14.3 Å². The van der Waals surface area contributed by atoms with Crippen molar-refractivity contribution in [1.82, 2.24) is 15.1 Å². The molecule has 0 fully saturated rings. The van der Waals surface area contributed by atoms with Crippen molar-refractivity contribution in [3.05, 3.63) is 66.2 Å². The number of nitrogens with one attached hydrogen (secondary N) is 1. The van der Waals surface area contributed by atoms with E-state index in [1.54, 1.807) is 25.2 Å². The van der Waals surface area contributed by atoms with Crippen molar-refractivity contribution in [1.29, 1.82) is 0 Å². The van der Waals surface area contributed by atoms with Gasteiger partial charge in [-0.2, -0.15) is 0 Å². The highest BCUT2D eigenvalue weighted by Crippen LogP contribution is 2.27. The Morgan fingerprint density at radius 2 is 1.79 bits per heavy atom. The molecule has 0 bridgehead atoms. The topological polar surface area (TPSA) is 93.7 Å². The second kappa shape index (κ2) is 12.5. The Morgan fingerprint density at radius 1 is 1.03 bits per heavy atom. The minimum Gasteiger partial charge on any atom is -0.497 e. The maximum absolute atomic E-state index is 12.6. The monoisotopic (exact) mass is 466 g/mol. The minimum atomic E-state index is -0.241. The molecule has 3 aromatic rings. The third-order valence-electron chi connectivity index (χ3n) is 4.71. The van der Waals surface area contributed by atoms with E-state index in [-0.39, 0.29) is 24.8 Å². The largest absolute Gasteiger partial charge is 0.497 e. The van der Waals surface area contributed by atoms with Gasteiger partial charge >= 0.3 is 0 Å². The lowest BCUT2D eigenvalue weighted by Gasteiger charge is -2.20. The molecule has 1 N–H and O–H groups in total. The first kappa shape index (κ1) is 24.1. The van der Waals surface area contributed by atoms with Crippen LogP contribution in [-0.4, -0.2) is 60.8 Å². The molecule has 0 atom stereocenters. The number of methoxy groups -OCH3 is 2. The van der Waals surface area contributed by atoms with Gasteiger partial charge < -0.3 is 19.7 Å². The van der Waals surface area contributed by atoms with Gasteiger partial charge in [0.2, 0.25) is 16.9 Å². The molecular formula is C24H26N4O4S. The van der Waals surface area contributed by atoms with E-state index in [1.807, 2.05) is 54.6 Å². The van der Waals surface area contributed by atoms with Gasteiger partial charge in [-0.1, -0.05) is 41.7 Å². The molecular weight excluding hydrogens is 440 g/mol. The number of hydrogen-bond donors (Lipinski definition) is 1. The van der Waals surface area contributed by atoms with E-state index in [0.29, 0.717) is 23.3 Å². The molecule has 2 amide bonds. The van der Waals surface area contributed by atoms with Crippen LogP contribution in [0.1, 0.15) is 12.0 Å². The number of carbonyl (C=O) groups excluding carboxylic acids is 2. The Hall–Kier alpha value is -3.56. The van der Waals surface area contributed by atoms with Crippen LogP contribution in [0.2, 0.25) is 0 Å². The predicted molar refractivity (Wildman–Crippen MR) is 129 cm³/mol. The summed E-state index contributed by atoms with van der Waals surface area (Å²) in [6, 6.07) is 17.0. The molecule has 0 aliphatic heterocycles. The van der Waals surface area contributed by atoms with Crippen LogP contribution >= 0.6 is 11.3 Å². The Bertz CT molecular complexity index is 1070. The second-order valence-electron chi connectivity index (χ2n) is 7.00. The number of nitrogens with zero attached hydrogens (tertiary/aromatic N) is 3. The molecule has 8 nitrogen and oxygen atoms in total. The average molecular weight is 467 g/mol. The Labute approximate surface area is 196 Å². The summed E-state index contributed by atoms with van der Waals surface area (Å²) in [5, 5.41) is 12.0. The second-order valence-corrected chi connectivity index (χ2v) is 7.98. The summed E-state index contributed by atoms with van der Waals surface area (Å²) < 4.78 is 10.3. The van der Waals surface area contributed by atoms with Gasteiger partial charge in [0, 0.05) is 38.3 Å². The molecule has 0 unspecified atom stereocenters. The average Bonchev–Trinajstić information content (AvgIpc) is 3.31. The van der Waals surface area contributed by atoms with Crippen LogP contribution in [0, 0.1) is 0 Å². The van der Waals surface area contributed by atoms with Crippen molar-refractivity contribution in [3.63, 3.8) is 0 Å². The molecule has 0 radical (unpaired) electrons. The smallest absolute Gasteiger partial charge is 0.246 e. The molecule has 0 saturated carbocycles. The molecule has 3 rings (SSSR count). The fourth-order valence-electron chi connectivity index (χ4n) is 2.91. The number of aromatic nitrogens is 2. The third kappa shape index (κ3) is 7.51. The van der Waals surface area contributed by atoms with E-state index in [0.717, 1.165) is 16.9 Å². The minimum absolute atomic E-state index is 0.131. The van der Waals surface area contributed by atoms with E-state index in [2.05, 4.69) is 15.5 Å². The van der Waals surface area contributed by atoms with E-state index >= 15 is 0 Å². The molecule has 33 heavy (non-hydrogen) atoms. The Morgan fingerprint density at radius 3 is 2.48 bits per heavy atom.